The molecule has 1 heterocycles. The highest BCUT2D eigenvalue weighted by Crippen LogP contribution is 2.44. The molecule has 6 nitrogen and oxygen atoms in total. The first kappa shape index (κ1) is 22.1. The summed E-state index contributed by atoms with van der Waals surface area (Å²) in [7, 11) is 0. The quantitative estimate of drug-likeness (QED) is 0.545. The summed E-state index contributed by atoms with van der Waals surface area (Å²) in [6.45, 7) is 8.13. The standard InChI is InChI=1S/C26H30N2O4/c1-25(2,3)18-12-10-17(11-13-18)20-21-19(27-28-23(21)29)14-26(4,31)22(20)24(30)32-15-16-8-6-5-7-9-16/h5-13,20,22,31H,14-15H2,1-4H3,(H2,27,28,29). The molecule has 0 saturated carbocycles. The number of benzene rings is 2. The van der Waals surface area contributed by atoms with Crippen LogP contribution in [0.2, 0.25) is 0 Å². The number of rotatable bonds is 4. The van der Waals surface area contributed by atoms with Gasteiger partial charge in [-0.15, -0.1) is 0 Å². The summed E-state index contributed by atoms with van der Waals surface area (Å²) >= 11 is 0. The first-order chi connectivity index (χ1) is 15.1. The molecule has 1 aliphatic rings. The van der Waals surface area contributed by atoms with Crippen molar-refractivity contribution in [2.75, 3.05) is 0 Å². The summed E-state index contributed by atoms with van der Waals surface area (Å²) in [6.07, 6.45) is 0.156. The van der Waals surface area contributed by atoms with Crippen LogP contribution >= 0.6 is 0 Å². The van der Waals surface area contributed by atoms with Crippen LogP contribution in [0.5, 0.6) is 0 Å². The fraction of sp³-hybridized carbons (Fsp3) is 0.385. The Balaban J connectivity index is 1.74. The molecule has 0 radical (unpaired) electrons. The van der Waals surface area contributed by atoms with Gasteiger partial charge >= 0.3 is 5.97 Å². The van der Waals surface area contributed by atoms with Crippen molar-refractivity contribution in [3.8, 4) is 0 Å². The number of aromatic nitrogens is 2. The van der Waals surface area contributed by atoms with Crippen molar-refractivity contribution in [1.82, 2.24) is 10.2 Å². The maximum Gasteiger partial charge on any atom is 0.313 e. The van der Waals surface area contributed by atoms with E-state index in [1.165, 1.54) is 0 Å². The molecule has 0 saturated heterocycles. The van der Waals surface area contributed by atoms with Gasteiger partial charge in [0.05, 0.1) is 11.5 Å². The SMILES string of the molecule is CC(C)(C)c1ccc(C2c3c([nH][nH]c3=O)CC(C)(O)C2C(=O)OCc2ccccc2)cc1. The topological polar surface area (TPSA) is 95.2 Å². The van der Waals surface area contributed by atoms with E-state index in [1.54, 1.807) is 6.92 Å². The van der Waals surface area contributed by atoms with Gasteiger partial charge in [0, 0.05) is 23.6 Å². The van der Waals surface area contributed by atoms with E-state index in [0.717, 1.165) is 16.7 Å². The van der Waals surface area contributed by atoms with E-state index in [4.69, 9.17) is 4.74 Å². The number of hydrogen-bond donors (Lipinski definition) is 3. The van der Waals surface area contributed by atoms with Gasteiger partial charge in [-0.25, -0.2) is 0 Å². The van der Waals surface area contributed by atoms with Crippen molar-refractivity contribution in [2.45, 2.75) is 57.7 Å². The Kier molecular flexibility index (Phi) is 5.59. The molecule has 168 valence electrons. The van der Waals surface area contributed by atoms with Crippen molar-refractivity contribution in [3.63, 3.8) is 0 Å². The number of aliphatic hydroxyl groups is 1. The van der Waals surface area contributed by atoms with Crippen LogP contribution in [-0.4, -0.2) is 26.9 Å². The zero-order valence-corrected chi connectivity index (χ0v) is 18.9. The molecule has 0 bridgehead atoms. The van der Waals surface area contributed by atoms with Crippen LogP contribution in [-0.2, 0) is 28.0 Å². The van der Waals surface area contributed by atoms with Crippen LogP contribution in [0, 0.1) is 5.92 Å². The Hall–Kier alpha value is -3.12. The summed E-state index contributed by atoms with van der Waals surface area (Å²) in [5, 5.41) is 16.8. The molecule has 6 heteroatoms. The van der Waals surface area contributed by atoms with Gasteiger partial charge in [0.1, 0.15) is 6.61 Å². The van der Waals surface area contributed by atoms with E-state index < -0.39 is 23.4 Å². The second kappa shape index (κ2) is 8.10. The maximum absolute atomic E-state index is 13.3. The third-order valence-corrected chi connectivity index (χ3v) is 6.36. The van der Waals surface area contributed by atoms with E-state index in [9.17, 15) is 14.7 Å². The first-order valence-corrected chi connectivity index (χ1v) is 10.9. The molecule has 1 aliphatic carbocycles. The van der Waals surface area contributed by atoms with Crippen molar-refractivity contribution >= 4 is 5.97 Å². The van der Waals surface area contributed by atoms with Crippen LogP contribution < -0.4 is 5.56 Å². The third-order valence-electron chi connectivity index (χ3n) is 6.36. The van der Waals surface area contributed by atoms with Crippen molar-refractivity contribution in [3.05, 3.63) is 92.9 Å². The van der Waals surface area contributed by atoms with Crippen LogP contribution in [0.15, 0.2) is 59.4 Å². The smallest absolute Gasteiger partial charge is 0.313 e. The molecule has 3 unspecified atom stereocenters. The molecule has 0 aliphatic heterocycles. The van der Waals surface area contributed by atoms with Crippen LogP contribution in [0.1, 0.15) is 61.6 Å². The van der Waals surface area contributed by atoms with Gasteiger partial charge in [-0.1, -0.05) is 75.4 Å². The molecular weight excluding hydrogens is 404 g/mol. The highest BCUT2D eigenvalue weighted by Gasteiger charge is 2.51. The van der Waals surface area contributed by atoms with E-state index in [0.29, 0.717) is 11.3 Å². The lowest BCUT2D eigenvalue weighted by Gasteiger charge is -2.40. The summed E-state index contributed by atoms with van der Waals surface area (Å²) in [5.41, 5.74) is 2.23. The molecule has 2 aromatic carbocycles. The van der Waals surface area contributed by atoms with Gasteiger partial charge in [-0.05, 0) is 29.0 Å². The van der Waals surface area contributed by atoms with E-state index in [2.05, 4.69) is 31.0 Å². The fourth-order valence-electron chi connectivity index (χ4n) is 4.62. The largest absolute Gasteiger partial charge is 0.460 e. The summed E-state index contributed by atoms with van der Waals surface area (Å²) < 4.78 is 5.64. The number of nitrogens with one attached hydrogen (secondary N) is 2. The number of fused-ring (bicyclic) bond motifs is 1. The van der Waals surface area contributed by atoms with Gasteiger partial charge in [0.15, 0.2) is 0 Å². The Bertz CT molecular complexity index is 1150. The van der Waals surface area contributed by atoms with Gasteiger partial charge < -0.3 is 14.9 Å². The highest BCUT2D eigenvalue weighted by molar-refractivity contribution is 5.77. The average molecular weight is 435 g/mol. The molecule has 3 atom stereocenters. The zero-order valence-electron chi connectivity index (χ0n) is 18.9. The number of carbonyl (C=O) groups excluding carboxylic acids is 1. The minimum atomic E-state index is -1.39. The van der Waals surface area contributed by atoms with Gasteiger partial charge in [-0.2, -0.15) is 0 Å². The van der Waals surface area contributed by atoms with Crippen molar-refractivity contribution in [1.29, 1.82) is 0 Å². The molecule has 32 heavy (non-hydrogen) atoms. The van der Waals surface area contributed by atoms with Crippen LogP contribution in [0.3, 0.4) is 0 Å². The predicted molar refractivity (Wildman–Crippen MR) is 122 cm³/mol. The second-order valence-corrected chi connectivity index (χ2v) is 9.93. The average Bonchev–Trinajstić information content (AvgIpc) is 3.10. The number of esters is 1. The maximum atomic E-state index is 13.3. The summed E-state index contributed by atoms with van der Waals surface area (Å²) in [5.74, 6) is -2.06. The second-order valence-electron chi connectivity index (χ2n) is 9.93. The number of hydrogen-bond acceptors (Lipinski definition) is 4. The van der Waals surface area contributed by atoms with Crippen molar-refractivity contribution in [2.24, 2.45) is 5.92 Å². The minimum Gasteiger partial charge on any atom is -0.460 e. The Labute approximate surface area is 187 Å². The fourth-order valence-corrected chi connectivity index (χ4v) is 4.62. The van der Waals surface area contributed by atoms with E-state index in [1.807, 2.05) is 54.6 Å². The molecule has 1 aromatic heterocycles. The van der Waals surface area contributed by atoms with Crippen LogP contribution in [0.4, 0.5) is 0 Å². The van der Waals surface area contributed by atoms with Crippen LogP contribution in [0.25, 0.3) is 0 Å². The van der Waals surface area contributed by atoms with Gasteiger partial charge in [0.25, 0.3) is 5.56 Å². The molecule has 4 rings (SSSR count). The molecule has 0 amide bonds. The Morgan fingerprint density at radius 3 is 2.38 bits per heavy atom. The van der Waals surface area contributed by atoms with E-state index >= 15 is 0 Å². The lowest BCUT2D eigenvalue weighted by molar-refractivity contribution is -0.161. The predicted octanol–water partition coefficient (Wildman–Crippen LogP) is 3.80. The number of ether oxygens (including phenoxy) is 1. The number of aromatic amines is 2. The monoisotopic (exact) mass is 434 g/mol. The number of carbonyl (C=O) groups is 1. The lowest BCUT2D eigenvalue weighted by atomic mass is 9.66. The molecule has 3 aromatic rings. The summed E-state index contributed by atoms with van der Waals surface area (Å²) in [6, 6.07) is 17.3. The van der Waals surface area contributed by atoms with E-state index in [-0.39, 0.29) is 24.0 Å². The van der Waals surface area contributed by atoms with Gasteiger partial charge in [0.2, 0.25) is 0 Å². The third kappa shape index (κ3) is 4.15. The van der Waals surface area contributed by atoms with Gasteiger partial charge in [-0.3, -0.25) is 14.7 Å². The first-order valence-electron chi connectivity index (χ1n) is 10.9. The summed E-state index contributed by atoms with van der Waals surface area (Å²) in [4.78, 5) is 26.0. The highest BCUT2D eigenvalue weighted by atomic mass is 16.5. The zero-order chi connectivity index (χ0) is 23.1. The molecular formula is C26H30N2O4. The number of H-pyrrole nitrogens is 2. The lowest BCUT2D eigenvalue weighted by Crippen LogP contribution is -2.50. The molecule has 3 N–H and O–H groups in total. The normalized spacial score (nSPS) is 22.9. The minimum absolute atomic E-state index is 0.0265. The van der Waals surface area contributed by atoms with Crippen molar-refractivity contribution < 1.29 is 14.6 Å². The molecule has 0 fully saturated rings. The Morgan fingerprint density at radius 1 is 1.09 bits per heavy atom. The molecule has 0 spiro atoms. The Morgan fingerprint density at radius 2 is 1.75 bits per heavy atom.